The molecule has 94 valence electrons. The van der Waals surface area contributed by atoms with Crippen LogP contribution in [0.5, 0.6) is 0 Å². The number of rotatable bonds is 4. The zero-order valence-corrected chi connectivity index (χ0v) is 10.9. The van der Waals surface area contributed by atoms with E-state index < -0.39 is 0 Å². The Balaban J connectivity index is 2.38. The fourth-order valence-electron chi connectivity index (χ4n) is 2.25. The van der Waals surface area contributed by atoms with Gasteiger partial charge in [-0.1, -0.05) is 20.8 Å². The van der Waals surface area contributed by atoms with E-state index in [0.29, 0.717) is 11.8 Å². The number of hydrogen-bond donors (Lipinski definition) is 1. The van der Waals surface area contributed by atoms with Crippen LogP contribution < -0.4 is 5.73 Å². The first-order valence-electron chi connectivity index (χ1n) is 6.55. The second-order valence-corrected chi connectivity index (χ2v) is 5.38. The molecule has 0 bridgehead atoms. The molecule has 1 rings (SSSR count). The van der Waals surface area contributed by atoms with Gasteiger partial charge in [-0.15, -0.1) is 0 Å². The zero-order valence-electron chi connectivity index (χ0n) is 10.9. The van der Waals surface area contributed by atoms with Crippen LogP contribution in [0.15, 0.2) is 0 Å². The summed E-state index contributed by atoms with van der Waals surface area (Å²) < 4.78 is 0. The first-order valence-corrected chi connectivity index (χ1v) is 6.55. The smallest absolute Gasteiger partial charge is 0.225 e. The van der Waals surface area contributed by atoms with Gasteiger partial charge in [0.05, 0.1) is 0 Å². The summed E-state index contributed by atoms with van der Waals surface area (Å²) in [5, 5.41) is 0. The van der Waals surface area contributed by atoms with E-state index in [4.69, 9.17) is 5.73 Å². The molecule has 0 radical (unpaired) electrons. The fraction of sp³-hybridized carbons (Fsp3) is 0.923. The maximum absolute atomic E-state index is 12.1. The van der Waals surface area contributed by atoms with Crippen molar-refractivity contribution in [1.29, 1.82) is 0 Å². The van der Waals surface area contributed by atoms with Crippen molar-refractivity contribution in [2.75, 3.05) is 19.6 Å². The molecule has 3 nitrogen and oxygen atoms in total. The number of nitrogens with zero attached hydrogens (tertiary/aromatic N) is 1. The van der Waals surface area contributed by atoms with Crippen molar-refractivity contribution >= 4 is 5.91 Å². The number of carbonyl (C=O) groups excluding carboxylic acids is 1. The van der Waals surface area contributed by atoms with Gasteiger partial charge in [0.15, 0.2) is 0 Å². The van der Waals surface area contributed by atoms with E-state index in [1.165, 1.54) is 0 Å². The van der Waals surface area contributed by atoms with Crippen LogP contribution in [0.4, 0.5) is 0 Å². The van der Waals surface area contributed by atoms with Crippen molar-refractivity contribution in [1.82, 2.24) is 4.90 Å². The minimum Gasteiger partial charge on any atom is -0.342 e. The lowest BCUT2D eigenvalue weighted by Crippen LogP contribution is -2.42. The lowest BCUT2D eigenvalue weighted by atomic mass is 9.91. The third-order valence-electron chi connectivity index (χ3n) is 3.89. The second-order valence-electron chi connectivity index (χ2n) is 5.38. The van der Waals surface area contributed by atoms with Crippen LogP contribution >= 0.6 is 0 Å². The molecule has 16 heavy (non-hydrogen) atoms. The van der Waals surface area contributed by atoms with Crippen LogP contribution in [0.2, 0.25) is 0 Å². The maximum atomic E-state index is 12.1. The van der Waals surface area contributed by atoms with Crippen molar-refractivity contribution in [2.45, 2.75) is 40.0 Å². The summed E-state index contributed by atoms with van der Waals surface area (Å²) in [5.41, 5.74) is 5.56. The Kier molecular flexibility index (Phi) is 5.26. The maximum Gasteiger partial charge on any atom is 0.225 e. The molecule has 2 N–H and O–H groups in total. The van der Waals surface area contributed by atoms with E-state index in [-0.39, 0.29) is 5.92 Å². The van der Waals surface area contributed by atoms with E-state index in [9.17, 15) is 4.79 Å². The van der Waals surface area contributed by atoms with Gasteiger partial charge in [-0.3, -0.25) is 4.79 Å². The Morgan fingerprint density at radius 1 is 1.31 bits per heavy atom. The van der Waals surface area contributed by atoms with E-state index in [0.717, 1.165) is 44.8 Å². The van der Waals surface area contributed by atoms with Crippen LogP contribution in [0.25, 0.3) is 0 Å². The van der Waals surface area contributed by atoms with Gasteiger partial charge in [-0.2, -0.15) is 0 Å². The number of amides is 1. The van der Waals surface area contributed by atoms with Gasteiger partial charge < -0.3 is 10.6 Å². The predicted octanol–water partition coefficient (Wildman–Crippen LogP) is 1.87. The van der Waals surface area contributed by atoms with Crippen molar-refractivity contribution in [3.8, 4) is 0 Å². The molecule has 0 saturated carbocycles. The number of nitrogens with two attached hydrogens (primary N) is 1. The van der Waals surface area contributed by atoms with Gasteiger partial charge in [-0.05, 0) is 37.6 Å². The van der Waals surface area contributed by atoms with Crippen molar-refractivity contribution in [3.63, 3.8) is 0 Å². The molecular formula is C13H26N2O. The van der Waals surface area contributed by atoms with Gasteiger partial charge >= 0.3 is 0 Å². The number of piperidine rings is 1. The fourth-order valence-corrected chi connectivity index (χ4v) is 2.25. The minimum absolute atomic E-state index is 0.158. The van der Waals surface area contributed by atoms with Crippen molar-refractivity contribution in [2.24, 2.45) is 23.5 Å². The summed E-state index contributed by atoms with van der Waals surface area (Å²) in [4.78, 5) is 14.1. The van der Waals surface area contributed by atoms with Gasteiger partial charge in [0.2, 0.25) is 5.91 Å². The predicted molar refractivity (Wildman–Crippen MR) is 67.0 cm³/mol. The summed E-state index contributed by atoms with van der Waals surface area (Å²) in [6, 6.07) is 0. The largest absolute Gasteiger partial charge is 0.342 e. The summed E-state index contributed by atoms with van der Waals surface area (Å²) in [6.45, 7) is 8.91. The molecule has 0 aromatic heterocycles. The Morgan fingerprint density at radius 2 is 1.88 bits per heavy atom. The van der Waals surface area contributed by atoms with Gasteiger partial charge in [0.25, 0.3) is 0 Å². The normalized spacial score (nSPS) is 20.2. The molecule has 3 heteroatoms. The molecule has 0 aromatic carbocycles. The molecule has 1 saturated heterocycles. The number of carbonyl (C=O) groups is 1. The quantitative estimate of drug-likeness (QED) is 0.795. The summed E-state index contributed by atoms with van der Waals surface area (Å²) in [7, 11) is 0. The summed E-state index contributed by atoms with van der Waals surface area (Å²) in [5.74, 6) is 1.67. The third kappa shape index (κ3) is 3.48. The van der Waals surface area contributed by atoms with Crippen LogP contribution in [0, 0.1) is 17.8 Å². The SMILES string of the molecule is CC(C)C(C)C(=O)N1CCC(CCN)CC1. The number of likely N-dealkylation sites (tertiary alicyclic amines) is 1. The lowest BCUT2D eigenvalue weighted by molar-refractivity contribution is -0.137. The Morgan fingerprint density at radius 3 is 2.31 bits per heavy atom. The Bertz CT molecular complexity index is 220. The molecule has 1 amide bonds. The topological polar surface area (TPSA) is 46.3 Å². The molecular weight excluding hydrogens is 200 g/mol. The molecule has 0 spiro atoms. The zero-order chi connectivity index (χ0) is 12.1. The van der Waals surface area contributed by atoms with Crippen LogP contribution in [0.3, 0.4) is 0 Å². The first kappa shape index (κ1) is 13.5. The van der Waals surface area contributed by atoms with Crippen LogP contribution in [0.1, 0.15) is 40.0 Å². The van der Waals surface area contributed by atoms with E-state index in [2.05, 4.69) is 13.8 Å². The van der Waals surface area contributed by atoms with Crippen LogP contribution in [-0.4, -0.2) is 30.4 Å². The summed E-state index contributed by atoms with van der Waals surface area (Å²) >= 11 is 0. The molecule has 1 fully saturated rings. The molecule has 1 heterocycles. The molecule has 1 aliphatic rings. The van der Waals surface area contributed by atoms with Crippen molar-refractivity contribution < 1.29 is 4.79 Å². The highest BCUT2D eigenvalue weighted by Gasteiger charge is 2.26. The highest BCUT2D eigenvalue weighted by atomic mass is 16.2. The average molecular weight is 226 g/mol. The standard InChI is InChI=1S/C13H26N2O/c1-10(2)11(3)13(16)15-8-5-12(4-7-14)6-9-15/h10-12H,4-9,14H2,1-3H3. The highest BCUT2D eigenvalue weighted by molar-refractivity contribution is 5.78. The second kappa shape index (κ2) is 6.24. The van der Waals surface area contributed by atoms with Gasteiger partial charge in [0.1, 0.15) is 0 Å². The number of hydrogen-bond acceptors (Lipinski definition) is 2. The lowest BCUT2D eigenvalue weighted by Gasteiger charge is -2.34. The molecule has 0 aliphatic carbocycles. The highest BCUT2D eigenvalue weighted by Crippen LogP contribution is 2.22. The minimum atomic E-state index is 0.158. The molecule has 0 aromatic rings. The monoisotopic (exact) mass is 226 g/mol. The van der Waals surface area contributed by atoms with E-state index >= 15 is 0 Å². The Hall–Kier alpha value is -0.570. The Labute approximate surface area is 99.4 Å². The summed E-state index contributed by atoms with van der Waals surface area (Å²) in [6.07, 6.45) is 3.38. The average Bonchev–Trinajstić information content (AvgIpc) is 2.28. The molecule has 1 aliphatic heterocycles. The van der Waals surface area contributed by atoms with Crippen LogP contribution in [-0.2, 0) is 4.79 Å². The van der Waals surface area contributed by atoms with E-state index in [1.54, 1.807) is 0 Å². The first-order chi connectivity index (χ1) is 7.56. The van der Waals surface area contributed by atoms with Gasteiger partial charge in [-0.25, -0.2) is 0 Å². The van der Waals surface area contributed by atoms with Gasteiger partial charge in [0, 0.05) is 19.0 Å². The molecule has 1 unspecified atom stereocenters. The third-order valence-corrected chi connectivity index (χ3v) is 3.89. The van der Waals surface area contributed by atoms with Crippen molar-refractivity contribution in [3.05, 3.63) is 0 Å². The van der Waals surface area contributed by atoms with E-state index in [1.807, 2.05) is 11.8 Å². The molecule has 1 atom stereocenters.